The van der Waals surface area contributed by atoms with Crippen LogP contribution in [0.2, 0.25) is 0 Å². The fourth-order valence-corrected chi connectivity index (χ4v) is 3.38. The lowest BCUT2D eigenvalue weighted by Crippen LogP contribution is -2.58. The summed E-state index contributed by atoms with van der Waals surface area (Å²) in [4.78, 5) is 2.50. The molecule has 2 heteroatoms. The van der Waals surface area contributed by atoms with Crippen molar-refractivity contribution < 1.29 is 0 Å². The number of likely N-dealkylation sites (N-methyl/N-ethyl adjacent to an activating group) is 1. The minimum Gasteiger partial charge on any atom is -0.312 e. The minimum absolute atomic E-state index is 0.416. The van der Waals surface area contributed by atoms with Gasteiger partial charge in [-0.05, 0) is 52.2 Å². The number of hydrogen-bond donors (Lipinski definition) is 1. The first kappa shape index (κ1) is 15.0. The topological polar surface area (TPSA) is 15.3 Å². The molecule has 1 fully saturated rings. The van der Waals surface area contributed by atoms with E-state index in [-0.39, 0.29) is 0 Å². The molecule has 102 valence electrons. The molecule has 0 bridgehead atoms. The summed E-state index contributed by atoms with van der Waals surface area (Å²) in [5.74, 6) is 0.779. The lowest BCUT2D eigenvalue weighted by Gasteiger charge is -2.44. The van der Waals surface area contributed by atoms with Gasteiger partial charge in [0.2, 0.25) is 0 Å². The van der Waals surface area contributed by atoms with Gasteiger partial charge in [0.05, 0.1) is 0 Å². The van der Waals surface area contributed by atoms with Gasteiger partial charge in [-0.3, -0.25) is 0 Å². The van der Waals surface area contributed by atoms with E-state index in [0.29, 0.717) is 11.6 Å². The summed E-state index contributed by atoms with van der Waals surface area (Å²) in [5.41, 5.74) is 0.416. The average Bonchev–Trinajstić information content (AvgIpc) is 2.73. The van der Waals surface area contributed by atoms with Crippen LogP contribution in [0.5, 0.6) is 0 Å². The summed E-state index contributed by atoms with van der Waals surface area (Å²) in [5, 5.41) is 3.82. The number of nitrogens with zero attached hydrogens (tertiary/aromatic N) is 1. The van der Waals surface area contributed by atoms with E-state index in [1.165, 1.54) is 38.5 Å². The van der Waals surface area contributed by atoms with Crippen LogP contribution in [0, 0.1) is 5.92 Å². The molecule has 0 radical (unpaired) electrons. The molecule has 0 aromatic carbocycles. The Morgan fingerprint density at radius 3 is 2.18 bits per heavy atom. The second-order valence-corrected chi connectivity index (χ2v) is 6.34. The van der Waals surface area contributed by atoms with Crippen LogP contribution in [-0.2, 0) is 0 Å². The Morgan fingerprint density at radius 2 is 1.76 bits per heavy atom. The largest absolute Gasteiger partial charge is 0.312 e. The third-order valence-corrected chi connectivity index (χ3v) is 4.36. The van der Waals surface area contributed by atoms with Gasteiger partial charge in [-0.25, -0.2) is 0 Å². The van der Waals surface area contributed by atoms with Crippen LogP contribution in [0.25, 0.3) is 0 Å². The molecule has 0 spiro atoms. The van der Waals surface area contributed by atoms with E-state index < -0.39 is 0 Å². The smallest absolute Gasteiger partial charge is 0.0356 e. The van der Waals surface area contributed by atoms with Crippen LogP contribution in [-0.4, -0.2) is 37.1 Å². The van der Waals surface area contributed by atoms with Gasteiger partial charge in [-0.2, -0.15) is 0 Å². The summed E-state index contributed by atoms with van der Waals surface area (Å²) in [7, 11) is 4.54. The normalized spacial score (nSPS) is 21.4. The van der Waals surface area contributed by atoms with Crippen LogP contribution < -0.4 is 5.32 Å². The summed E-state index contributed by atoms with van der Waals surface area (Å²) in [6.07, 6.45) is 8.08. The highest BCUT2D eigenvalue weighted by Crippen LogP contribution is 2.38. The maximum Gasteiger partial charge on any atom is 0.0356 e. The Balaban J connectivity index is 2.76. The molecular formula is C15H32N2. The van der Waals surface area contributed by atoms with E-state index in [0.717, 1.165) is 12.5 Å². The predicted molar refractivity (Wildman–Crippen MR) is 76.4 cm³/mol. The lowest BCUT2D eigenvalue weighted by molar-refractivity contribution is 0.0933. The van der Waals surface area contributed by atoms with Gasteiger partial charge >= 0.3 is 0 Å². The Bertz CT molecular complexity index is 205. The number of nitrogens with one attached hydrogen (secondary N) is 1. The molecule has 1 saturated carbocycles. The Labute approximate surface area is 108 Å². The van der Waals surface area contributed by atoms with Crippen LogP contribution in [0.4, 0.5) is 0 Å². The standard InChI is InChI=1S/C15H32N2/c1-6-11-16-14(12-13(2)3)15(17(4)5)9-7-8-10-15/h13-14,16H,6-12H2,1-5H3. The third kappa shape index (κ3) is 3.69. The summed E-state index contributed by atoms with van der Waals surface area (Å²) >= 11 is 0. The molecule has 1 aliphatic rings. The van der Waals surface area contributed by atoms with Crippen molar-refractivity contribution in [2.75, 3.05) is 20.6 Å². The van der Waals surface area contributed by atoms with Gasteiger partial charge in [0.15, 0.2) is 0 Å². The van der Waals surface area contributed by atoms with Crippen LogP contribution in [0.15, 0.2) is 0 Å². The number of hydrogen-bond acceptors (Lipinski definition) is 2. The highest BCUT2D eigenvalue weighted by atomic mass is 15.2. The molecule has 0 aliphatic heterocycles. The predicted octanol–water partition coefficient (Wildman–Crippen LogP) is 3.28. The van der Waals surface area contributed by atoms with E-state index in [9.17, 15) is 0 Å². The maximum atomic E-state index is 3.82. The van der Waals surface area contributed by atoms with Gasteiger partial charge in [-0.15, -0.1) is 0 Å². The molecule has 1 N–H and O–H groups in total. The molecule has 0 aromatic rings. The van der Waals surface area contributed by atoms with Gasteiger partial charge < -0.3 is 10.2 Å². The molecule has 1 unspecified atom stereocenters. The fourth-order valence-electron chi connectivity index (χ4n) is 3.38. The van der Waals surface area contributed by atoms with Crippen LogP contribution in [0.3, 0.4) is 0 Å². The average molecular weight is 240 g/mol. The van der Waals surface area contributed by atoms with Crippen molar-refractivity contribution in [2.24, 2.45) is 5.92 Å². The molecule has 1 atom stereocenters. The van der Waals surface area contributed by atoms with Crippen molar-refractivity contribution in [3.63, 3.8) is 0 Å². The van der Waals surface area contributed by atoms with Crippen molar-refractivity contribution in [2.45, 2.75) is 70.9 Å². The lowest BCUT2D eigenvalue weighted by atomic mass is 9.82. The fraction of sp³-hybridized carbons (Fsp3) is 1.00. The van der Waals surface area contributed by atoms with Crippen LogP contribution >= 0.6 is 0 Å². The van der Waals surface area contributed by atoms with E-state index in [4.69, 9.17) is 0 Å². The maximum absolute atomic E-state index is 3.82. The summed E-state index contributed by atoms with van der Waals surface area (Å²) in [6.45, 7) is 8.11. The monoisotopic (exact) mass is 240 g/mol. The summed E-state index contributed by atoms with van der Waals surface area (Å²) < 4.78 is 0. The molecule has 0 aromatic heterocycles. The zero-order valence-corrected chi connectivity index (χ0v) is 12.6. The van der Waals surface area contributed by atoms with Gasteiger partial charge in [0.25, 0.3) is 0 Å². The first-order valence-electron chi connectivity index (χ1n) is 7.43. The quantitative estimate of drug-likeness (QED) is 0.735. The molecule has 0 heterocycles. The van der Waals surface area contributed by atoms with E-state index in [1.54, 1.807) is 0 Å². The van der Waals surface area contributed by atoms with Crippen molar-refractivity contribution >= 4 is 0 Å². The first-order valence-corrected chi connectivity index (χ1v) is 7.43. The zero-order chi connectivity index (χ0) is 12.9. The molecule has 17 heavy (non-hydrogen) atoms. The molecule has 2 nitrogen and oxygen atoms in total. The van der Waals surface area contributed by atoms with E-state index in [2.05, 4.69) is 45.1 Å². The minimum atomic E-state index is 0.416. The molecule has 0 saturated heterocycles. The van der Waals surface area contributed by atoms with Crippen molar-refractivity contribution in [3.8, 4) is 0 Å². The molecule has 0 amide bonds. The second kappa shape index (κ2) is 6.75. The van der Waals surface area contributed by atoms with Gasteiger partial charge in [-0.1, -0.05) is 33.6 Å². The van der Waals surface area contributed by atoms with E-state index >= 15 is 0 Å². The van der Waals surface area contributed by atoms with Gasteiger partial charge in [0.1, 0.15) is 0 Å². The van der Waals surface area contributed by atoms with Crippen LogP contribution in [0.1, 0.15) is 59.3 Å². The Hall–Kier alpha value is -0.0800. The van der Waals surface area contributed by atoms with Gasteiger partial charge in [0, 0.05) is 11.6 Å². The Kier molecular flexibility index (Phi) is 5.94. The first-order chi connectivity index (χ1) is 8.03. The van der Waals surface area contributed by atoms with Crippen molar-refractivity contribution in [1.82, 2.24) is 10.2 Å². The highest BCUT2D eigenvalue weighted by Gasteiger charge is 2.42. The second-order valence-electron chi connectivity index (χ2n) is 6.34. The van der Waals surface area contributed by atoms with E-state index in [1.807, 2.05) is 0 Å². The highest BCUT2D eigenvalue weighted by molar-refractivity contribution is 5.02. The summed E-state index contributed by atoms with van der Waals surface area (Å²) in [6, 6.07) is 0.667. The van der Waals surface area contributed by atoms with Crippen molar-refractivity contribution in [3.05, 3.63) is 0 Å². The molecule has 1 aliphatic carbocycles. The number of rotatable bonds is 7. The molecular weight excluding hydrogens is 208 g/mol. The molecule has 1 rings (SSSR count). The van der Waals surface area contributed by atoms with Crippen molar-refractivity contribution in [1.29, 1.82) is 0 Å². The third-order valence-electron chi connectivity index (χ3n) is 4.36. The SMILES string of the molecule is CCCNC(CC(C)C)C1(N(C)C)CCCC1. The zero-order valence-electron chi connectivity index (χ0n) is 12.6. The Morgan fingerprint density at radius 1 is 1.18 bits per heavy atom.